The van der Waals surface area contributed by atoms with Gasteiger partial charge in [0.05, 0.1) is 10.2 Å². The lowest BCUT2D eigenvalue weighted by atomic mass is 10.1. The van der Waals surface area contributed by atoms with E-state index in [1.165, 1.54) is 0 Å². The van der Waals surface area contributed by atoms with Crippen molar-refractivity contribution in [3.8, 4) is 0 Å². The van der Waals surface area contributed by atoms with Crippen LogP contribution in [0.3, 0.4) is 0 Å². The van der Waals surface area contributed by atoms with E-state index in [0.717, 1.165) is 25.2 Å². The van der Waals surface area contributed by atoms with Gasteiger partial charge in [-0.15, -0.1) is 0 Å². The highest BCUT2D eigenvalue weighted by Crippen LogP contribution is 2.13. The van der Waals surface area contributed by atoms with E-state index >= 15 is 0 Å². The maximum absolute atomic E-state index is 11.2. The molecule has 1 aromatic rings. The van der Waals surface area contributed by atoms with E-state index in [9.17, 15) is 4.79 Å². The standard InChI is InChI=1S/C10H16N2OS/c1-4-12(3)6-5-11-8-7(2)10(14)9(8)13/h11H,4-6H2,1-3H3. The highest BCUT2D eigenvalue weighted by molar-refractivity contribution is 7.71. The Labute approximate surface area is 89.4 Å². The summed E-state index contributed by atoms with van der Waals surface area (Å²) in [4.78, 5) is 13.4. The van der Waals surface area contributed by atoms with Crippen LogP contribution in [0.5, 0.6) is 0 Å². The molecule has 0 spiro atoms. The van der Waals surface area contributed by atoms with Crippen LogP contribution in [0.15, 0.2) is 4.79 Å². The highest BCUT2D eigenvalue weighted by atomic mass is 32.1. The van der Waals surface area contributed by atoms with Gasteiger partial charge in [0.25, 0.3) is 0 Å². The zero-order valence-corrected chi connectivity index (χ0v) is 9.70. The summed E-state index contributed by atoms with van der Waals surface area (Å²) in [5.41, 5.74) is 1.64. The van der Waals surface area contributed by atoms with Crippen LogP contribution in [0.1, 0.15) is 12.5 Å². The molecule has 78 valence electrons. The summed E-state index contributed by atoms with van der Waals surface area (Å²) < 4.78 is 0.483. The smallest absolute Gasteiger partial charge is 0.220 e. The molecule has 0 unspecified atom stereocenters. The minimum absolute atomic E-state index is 0.00310. The van der Waals surface area contributed by atoms with Gasteiger partial charge in [-0.3, -0.25) is 4.79 Å². The minimum Gasteiger partial charge on any atom is -0.380 e. The van der Waals surface area contributed by atoms with Crippen LogP contribution in [0, 0.1) is 11.4 Å². The molecule has 0 fully saturated rings. The molecule has 1 N–H and O–H groups in total. The summed E-state index contributed by atoms with van der Waals surface area (Å²) >= 11 is 4.87. The highest BCUT2D eigenvalue weighted by Gasteiger charge is 2.12. The van der Waals surface area contributed by atoms with Crippen LogP contribution < -0.4 is 10.7 Å². The van der Waals surface area contributed by atoms with Crippen LogP contribution in [0.25, 0.3) is 0 Å². The molecule has 0 aliphatic rings. The molecule has 0 aliphatic carbocycles. The lowest BCUT2D eigenvalue weighted by Gasteiger charge is -2.16. The molecule has 0 amide bonds. The van der Waals surface area contributed by atoms with Crippen LogP contribution >= 0.6 is 12.2 Å². The van der Waals surface area contributed by atoms with Crippen molar-refractivity contribution in [1.29, 1.82) is 0 Å². The number of hydrogen-bond donors (Lipinski definition) is 1. The number of hydrogen-bond acceptors (Lipinski definition) is 4. The third-order valence-corrected chi connectivity index (χ3v) is 2.98. The molecule has 0 heterocycles. The maximum Gasteiger partial charge on any atom is 0.220 e. The minimum atomic E-state index is -0.00310. The normalized spacial score (nSPS) is 11.1. The van der Waals surface area contributed by atoms with Crippen LogP contribution in [0.4, 0.5) is 5.69 Å². The molecule has 1 aromatic carbocycles. The van der Waals surface area contributed by atoms with E-state index in [2.05, 4.69) is 24.2 Å². The Hall–Kier alpha value is -0.740. The Morgan fingerprint density at radius 3 is 2.64 bits per heavy atom. The van der Waals surface area contributed by atoms with E-state index in [4.69, 9.17) is 12.2 Å². The summed E-state index contributed by atoms with van der Waals surface area (Å²) in [7, 11) is 2.05. The summed E-state index contributed by atoms with van der Waals surface area (Å²) in [6, 6.07) is 0. The zero-order valence-electron chi connectivity index (χ0n) is 8.89. The van der Waals surface area contributed by atoms with E-state index in [-0.39, 0.29) is 5.43 Å². The van der Waals surface area contributed by atoms with Gasteiger partial charge in [0.2, 0.25) is 5.43 Å². The predicted octanol–water partition coefficient (Wildman–Crippen LogP) is 1.32. The maximum atomic E-state index is 11.2. The average molecular weight is 212 g/mol. The molecule has 14 heavy (non-hydrogen) atoms. The molecular weight excluding hydrogens is 196 g/mol. The summed E-state index contributed by atoms with van der Waals surface area (Å²) in [5.74, 6) is 0. The molecule has 4 heteroatoms. The fourth-order valence-electron chi connectivity index (χ4n) is 1.25. The van der Waals surface area contributed by atoms with Gasteiger partial charge in [-0.05, 0) is 26.1 Å². The number of anilines is 1. The second kappa shape index (κ2) is 4.66. The Kier molecular flexibility index (Phi) is 3.77. The van der Waals surface area contributed by atoms with Gasteiger partial charge in [0.1, 0.15) is 0 Å². The van der Waals surface area contributed by atoms with Gasteiger partial charge in [0.15, 0.2) is 0 Å². The van der Waals surface area contributed by atoms with E-state index in [1.807, 2.05) is 6.92 Å². The molecule has 0 radical (unpaired) electrons. The fraction of sp³-hybridized carbons (Fsp3) is 0.600. The van der Waals surface area contributed by atoms with Crippen molar-refractivity contribution in [3.05, 3.63) is 20.3 Å². The fourth-order valence-corrected chi connectivity index (χ4v) is 1.45. The SMILES string of the molecule is CCN(C)CCNc1c(C)c(=S)c1=O. The molecule has 1 rings (SSSR count). The number of nitrogens with zero attached hydrogens (tertiary/aromatic N) is 1. The van der Waals surface area contributed by atoms with Gasteiger partial charge in [0, 0.05) is 13.1 Å². The molecule has 3 nitrogen and oxygen atoms in total. The van der Waals surface area contributed by atoms with Crippen molar-refractivity contribution in [3.63, 3.8) is 0 Å². The van der Waals surface area contributed by atoms with Gasteiger partial charge in [-0.2, -0.15) is 0 Å². The van der Waals surface area contributed by atoms with Crippen molar-refractivity contribution in [2.24, 2.45) is 0 Å². The van der Waals surface area contributed by atoms with E-state index in [1.54, 1.807) is 0 Å². The van der Waals surface area contributed by atoms with Crippen molar-refractivity contribution >= 4 is 17.9 Å². The third kappa shape index (κ3) is 2.19. The first-order chi connectivity index (χ1) is 6.57. The summed E-state index contributed by atoms with van der Waals surface area (Å²) in [6.45, 7) is 6.74. The van der Waals surface area contributed by atoms with Gasteiger partial charge < -0.3 is 10.2 Å². The largest absolute Gasteiger partial charge is 0.380 e. The van der Waals surface area contributed by atoms with Crippen LogP contribution in [-0.2, 0) is 0 Å². The van der Waals surface area contributed by atoms with Gasteiger partial charge in [-0.25, -0.2) is 0 Å². The molecule has 0 aromatic heterocycles. The summed E-state index contributed by atoms with van der Waals surface area (Å²) in [6.07, 6.45) is 0. The summed E-state index contributed by atoms with van der Waals surface area (Å²) in [5, 5.41) is 3.12. The Morgan fingerprint density at radius 2 is 2.14 bits per heavy atom. The third-order valence-electron chi connectivity index (χ3n) is 2.48. The molecule has 0 saturated heterocycles. The topological polar surface area (TPSA) is 32.3 Å². The Bertz CT molecular complexity index is 379. The second-order valence-electron chi connectivity index (χ2n) is 3.48. The van der Waals surface area contributed by atoms with Gasteiger partial charge >= 0.3 is 0 Å². The van der Waals surface area contributed by atoms with E-state index in [0.29, 0.717) is 10.2 Å². The quantitative estimate of drug-likeness (QED) is 0.746. The Balaban J connectivity index is 2.41. The first-order valence-electron chi connectivity index (χ1n) is 4.80. The first kappa shape index (κ1) is 11.3. The second-order valence-corrected chi connectivity index (χ2v) is 3.89. The average Bonchev–Trinajstić information content (AvgIpc) is 2.22. The van der Waals surface area contributed by atoms with Crippen molar-refractivity contribution in [2.75, 3.05) is 32.0 Å². The zero-order chi connectivity index (χ0) is 10.7. The van der Waals surface area contributed by atoms with Crippen molar-refractivity contribution < 1.29 is 0 Å². The predicted molar refractivity (Wildman–Crippen MR) is 62.3 cm³/mol. The molecule has 0 atom stereocenters. The number of rotatable bonds is 5. The van der Waals surface area contributed by atoms with Crippen LogP contribution in [-0.4, -0.2) is 31.6 Å². The number of likely N-dealkylation sites (N-methyl/N-ethyl adjacent to an activating group) is 1. The Morgan fingerprint density at radius 1 is 1.50 bits per heavy atom. The van der Waals surface area contributed by atoms with E-state index < -0.39 is 0 Å². The number of nitrogens with one attached hydrogen (secondary N) is 1. The lowest BCUT2D eigenvalue weighted by Crippen LogP contribution is -2.28. The molecule has 0 saturated carbocycles. The molecule has 0 bridgehead atoms. The lowest BCUT2D eigenvalue weighted by molar-refractivity contribution is 0.367. The molecule has 0 aliphatic heterocycles. The monoisotopic (exact) mass is 212 g/mol. The molecular formula is C10H16N2OS. The van der Waals surface area contributed by atoms with Crippen molar-refractivity contribution in [1.82, 2.24) is 4.90 Å². The van der Waals surface area contributed by atoms with Crippen molar-refractivity contribution in [2.45, 2.75) is 13.8 Å². The van der Waals surface area contributed by atoms with Crippen LogP contribution in [0.2, 0.25) is 0 Å². The van der Waals surface area contributed by atoms with Gasteiger partial charge in [-0.1, -0.05) is 19.1 Å². The first-order valence-corrected chi connectivity index (χ1v) is 5.21.